The summed E-state index contributed by atoms with van der Waals surface area (Å²) in [6.07, 6.45) is -0.968. The molecule has 0 atom stereocenters. The summed E-state index contributed by atoms with van der Waals surface area (Å²) in [5, 5.41) is 21.2. The molecule has 1 aliphatic rings. The molecular formula is C9H16N2O5. The molecule has 0 unspecified atom stereocenters. The Balaban J connectivity index is 2.38. The first-order chi connectivity index (χ1) is 7.47. The van der Waals surface area contributed by atoms with E-state index in [0.717, 1.165) is 0 Å². The highest BCUT2D eigenvalue weighted by Gasteiger charge is 2.34. The van der Waals surface area contributed by atoms with E-state index in [0.29, 0.717) is 12.8 Å². The fourth-order valence-corrected chi connectivity index (χ4v) is 1.60. The summed E-state index contributed by atoms with van der Waals surface area (Å²) < 4.78 is 4.38. The molecule has 2 amide bonds. The summed E-state index contributed by atoms with van der Waals surface area (Å²) in [6.45, 7) is 0.622. The Kier molecular flexibility index (Phi) is 3.94. The molecule has 3 N–H and O–H groups in total. The van der Waals surface area contributed by atoms with E-state index in [2.05, 4.69) is 10.1 Å². The third-order valence-corrected chi connectivity index (χ3v) is 2.71. The van der Waals surface area contributed by atoms with Gasteiger partial charge in [0.25, 0.3) is 0 Å². The number of hydrogen-bond donors (Lipinski definition) is 3. The Morgan fingerprint density at radius 1 is 1.44 bits per heavy atom. The number of likely N-dealkylation sites (tertiary alicyclic amines) is 1. The van der Waals surface area contributed by atoms with Crippen LogP contribution >= 0.6 is 0 Å². The van der Waals surface area contributed by atoms with Crippen LogP contribution in [-0.2, 0) is 4.74 Å². The molecule has 0 saturated carbocycles. The first-order valence-corrected chi connectivity index (χ1v) is 4.99. The number of nitrogens with one attached hydrogen (secondary N) is 1. The number of nitrogens with zero attached hydrogens (tertiary/aromatic N) is 1. The Morgan fingerprint density at radius 3 is 2.44 bits per heavy atom. The van der Waals surface area contributed by atoms with Gasteiger partial charge in [0.2, 0.25) is 0 Å². The molecule has 0 aliphatic carbocycles. The van der Waals surface area contributed by atoms with Crippen molar-refractivity contribution in [1.82, 2.24) is 10.2 Å². The predicted octanol–water partition coefficient (Wildman–Crippen LogP) is -0.153. The van der Waals surface area contributed by atoms with E-state index in [4.69, 9.17) is 5.11 Å². The SMILES string of the molecule is COC(=O)NCC1(O)CCN(C(=O)O)CC1. The summed E-state index contributed by atoms with van der Waals surface area (Å²) in [5.74, 6) is 0. The molecule has 7 nitrogen and oxygen atoms in total. The molecule has 1 saturated heterocycles. The topological polar surface area (TPSA) is 99.1 Å². The minimum Gasteiger partial charge on any atom is -0.465 e. The van der Waals surface area contributed by atoms with E-state index in [-0.39, 0.29) is 19.6 Å². The minimum atomic E-state index is -1.04. The number of piperidine rings is 1. The third kappa shape index (κ3) is 3.27. The molecule has 0 radical (unpaired) electrons. The van der Waals surface area contributed by atoms with Crippen molar-refractivity contribution in [2.24, 2.45) is 0 Å². The zero-order valence-electron chi connectivity index (χ0n) is 9.10. The molecule has 92 valence electrons. The fourth-order valence-electron chi connectivity index (χ4n) is 1.60. The van der Waals surface area contributed by atoms with E-state index in [1.165, 1.54) is 12.0 Å². The van der Waals surface area contributed by atoms with Gasteiger partial charge in [-0.2, -0.15) is 0 Å². The van der Waals surface area contributed by atoms with Gasteiger partial charge in [-0.25, -0.2) is 9.59 Å². The van der Waals surface area contributed by atoms with Gasteiger partial charge < -0.3 is 25.2 Å². The van der Waals surface area contributed by atoms with Gasteiger partial charge in [-0.3, -0.25) is 0 Å². The summed E-state index contributed by atoms with van der Waals surface area (Å²) in [4.78, 5) is 22.7. The molecule has 1 rings (SSSR count). The van der Waals surface area contributed by atoms with Crippen LogP contribution in [0.1, 0.15) is 12.8 Å². The number of methoxy groups -OCH3 is 1. The predicted molar refractivity (Wildman–Crippen MR) is 54.2 cm³/mol. The summed E-state index contributed by atoms with van der Waals surface area (Å²) in [6, 6.07) is 0. The summed E-state index contributed by atoms with van der Waals surface area (Å²) in [5.41, 5.74) is -1.04. The third-order valence-electron chi connectivity index (χ3n) is 2.71. The number of rotatable bonds is 2. The lowest BCUT2D eigenvalue weighted by Crippen LogP contribution is -2.51. The van der Waals surface area contributed by atoms with Gasteiger partial charge in [0, 0.05) is 19.6 Å². The smallest absolute Gasteiger partial charge is 0.407 e. The van der Waals surface area contributed by atoms with Gasteiger partial charge in [-0.15, -0.1) is 0 Å². The largest absolute Gasteiger partial charge is 0.465 e. The van der Waals surface area contributed by atoms with Gasteiger partial charge in [0.05, 0.1) is 12.7 Å². The second-order valence-electron chi connectivity index (χ2n) is 3.84. The Bertz CT molecular complexity index is 273. The van der Waals surface area contributed by atoms with Crippen molar-refractivity contribution in [3.63, 3.8) is 0 Å². The van der Waals surface area contributed by atoms with Crippen LogP contribution < -0.4 is 5.32 Å². The second kappa shape index (κ2) is 5.02. The van der Waals surface area contributed by atoms with Crippen molar-refractivity contribution in [3.05, 3.63) is 0 Å². The number of aliphatic hydroxyl groups is 1. The first-order valence-electron chi connectivity index (χ1n) is 4.99. The van der Waals surface area contributed by atoms with Crippen molar-refractivity contribution in [2.45, 2.75) is 18.4 Å². The number of hydrogen-bond acceptors (Lipinski definition) is 4. The van der Waals surface area contributed by atoms with Crippen molar-refractivity contribution < 1.29 is 24.5 Å². The monoisotopic (exact) mass is 232 g/mol. The average molecular weight is 232 g/mol. The van der Waals surface area contributed by atoms with Crippen LogP contribution in [-0.4, -0.2) is 59.6 Å². The van der Waals surface area contributed by atoms with Crippen LogP contribution in [0.4, 0.5) is 9.59 Å². The second-order valence-corrected chi connectivity index (χ2v) is 3.84. The number of carbonyl (C=O) groups excluding carboxylic acids is 1. The van der Waals surface area contributed by atoms with Crippen LogP contribution in [0.3, 0.4) is 0 Å². The molecule has 1 fully saturated rings. The van der Waals surface area contributed by atoms with Gasteiger partial charge in [0.1, 0.15) is 0 Å². The van der Waals surface area contributed by atoms with Crippen LogP contribution in [0.25, 0.3) is 0 Å². The number of amides is 2. The number of carbonyl (C=O) groups is 2. The molecule has 16 heavy (non-hydrogen) atoms. The van der Waals surface area contributed by atoms with Gasteiger partial charge >= 0.3 is 12.2 Å². The lowest BCUT2D eigenvalue weighted by atomic mass is 9.91. The molecular weight excluding hydrogens is 216 g/mol. The van der Waals surface area contributed by atoms with Crippen molar-refractivity contribution >= 4 is 12.2 Å². The van der Waals surface area contributed by atoms with Crippen molar-refractivity contribution in [1.29, 1.82) is 0 Å². The standard InChI is InChI=1S/C9H16N2O5/c1-16-7(12)10-6-9(15)2-4-11(5-3-9)8(13)14/h15H,2-6H2,1H3,(H,10,12)(H,13,14). The molecule has 7 heteroatoms. The fraction of sp³-hybridized carbons (Fsp3) is 0.778. The number of carboxylic acid groups (broad SMARTS) is 1. The Labute approximate surface area is 93.0 Å². The maximum atomic E-state index is 10.8. The van der Waals surface area contributed by atoms with E-state index >= 15 is 0 Å². The zero-order chi connectivity index (χ0) is 12.2. The number of ether oxygens (including phenoxy) is 1. The highest BCUT2D eigenvalue weighted by atomic mass is 16.5. The molecule has 0 aromatic heterocycles. The first kappa shape index (κ1) is 12.6. The molecule has 0 spiro atoms. The maximum absolute atomic E-state index is 10.8. The highest BCUT2D eigenvalue weighted by Crippen LogP contribution is 2.21. The van der Waals surface area contributed by atoms with Crippen molar-refractivity contribution in [3.8, 4) is 0 Å². The minimum absolute atomic E-state index is 0.0765. The van der Waals surface area contributed by atoms with Gasteiger partial charge in [0.15, 0.2) is 0 Å². The Morgan fingerprint density at radius 2 is 2.00 bits per heavy atom. The zero-order valence-corrected chi connectivity index (χ0v) is 9.10. The normalized spacial score (nSPS) is 19.0. The molecule has 1 heterocycles. The van der Waals surface area contributed by atoms with Crippen LogP contribution in [0.2, 0.25) is 0 Å². The van der Waals surface area contributed by atoms with Crippen LogP contribution in [0.5, 0.6) is 0 Å². The van der Waals surface area contributed by atoms with E-state index in [1.54, 1.807) is 0 Å². The molecule has 0 bridgehead atoms. The lowest BCUT2D eigenvalue weighted by Gasteiger charge is -2.36. The maximum Gasteiger partial charge on any atom is 0.407 e. The van der Waals surface area contributed by atoms with E-state index in [1.807, 2.05) is 0 Å². The highest BCUT2D eigenvalue weighted by molar-refractivity contribution is 5.67. The quantitative estimate of drug-likeness (QED) is 0.614. The molecule has 0 aromatic rings. The van der Waals surface area contributed by atoms with E-state index in [9.17, 15) is 14.7 Å². The molecule has 0 aromatic carbocycles. The summed E-state index contributed by atoms with van der Waals surface area (Å²) >= 11 is 0. The number of alkyl carbamates (subject to hydrolysis) is 1. The summed E-state index contributed by atoms with van der Waals surface area (Å²) in [7, 11) is 1.24. The Hall–Kier alpha value is -1.50. The average Bonchev–Trinajstić information content (AvgIpc) is 2.26. The van der Waals surface area contributed by atoms with E-state index < -0.39 is 17.8 Å². The van der Waals surface area contributed by atoms with Crippen LogP contribution in [0.15, 0.2) is 0 Å². The van der Waals surface area contributed by atoms with Crippen LogP contribution in [0, 0.1) is 0 Å². The molecule has 1 aliphatic heterocycles. The van der Waals surface area contributed by atoms with Crippen molar-refractivity contribution in [2.75, 3.05) is 26.7 Å². The lowest BCUT2D eigenvalue weighted by molar-refractivity contribution is -0.0152. The van der Waals surface area contributed by atoms with Gasteiger partial charge in [-0.1, -0.05) is 0 Å². The van der Waals surface area contributed by atoms with Gasteiger partial charge in [-0.05, 0) is 12.8 Å².